The summed E-state index contributed by atoms with van der Waals surface area (Å²) in [5, 5.41) is 7.51. The average molecular weight is 335 g/mol. The molecular formula is C19H27ClN2O. The van der Waals surface area contributed by atoms with E-state index >= 15 is 0 Å². The Morgan fingerprint density at radius 1 is 1.35 bits per heavy atom. The monoisotopic (exact) mass is 334 g/mol. The summed E-state index contributed by atoms with van der Waals surface area (Å²) in [5.41, 5.74) is 3.87. The molecule has 1 aromatic carbocycles. The largest absolute Gasteiger partial charge is 0.351 e. The molecule has 126 valence electrons. The minimum absolute atomic E-state index is 0.0356. The van der Waals surface area contributed by atoms with E-state index in [1.165, 1.54) is 11.1 Å². The van der Waals surface area contributed by atoms with Crippen LogP contribution in [0.25, 0.3) is 0 Å². The molecule has 1 aromatic rings. The van der Waals surface area contributed by atoms with Crippen LogP contribution in [0.5, 0.6) is 0 Å². The van der Waals surface area contributed by atoms with E-state index in [0.29, 0.717) is 5.92 Å². The third-order valence-corrected chi connectivity index (χ3v) is 6.21. The number of amides is 1. The van der Waals surface area contributed by atoms with E-state index in [-0.39, 0.29) is 16.9 Å². The van der Waals surface area contributed by atoms with Crippen LogP contribution in [-0.4, -0.2) is 24.5 Å². The predicted molar refractivity (Wildman–Crippen MR) is 95.2 cm³/mol. The quantitative estimate of drug-likeness (QED) is 0.866. The van der Waals surface area contributed by atoms with E-state index in [2.05, 4.69) is 43.5 Å². The minimum Gasteiger partial charge on any atom is -0.351 e. The molecular weight excluding hydrogens is 308 g/mol. The van der Waals surface area contributed by atoms with Gasteiger partial charge in [0.15, 0.2) is 0 Å². The van der Waals surface area contributed by atoms with E-state index < -0.39 is 0 Å². The lowest BCUT2D eigenvalue weighted by Crippen LogP contribution is -2.47. The summed E-state index contributed by atoms with van der Waals surface area (Å²) in [6, 6.07) is 4.45. The Morgan fingerprint density at radius 3 is 2.61 bits per heavy atom. The van der Waals surface area contributed by atoms with Crippen LogP contribution in [0, 0.1) is 6.92 Å². The second-order valence-corrected chi connectivity index (χ2v) is 8.29. The normalized spacial score (nSPS) is 22.9. The number of benzene rings is 1. The Kier molecular flexibility index (Phi) is 4.22. The topological polar surface area (TPSA) is 41.1 Å². The van der Waals surface area contributed by atoms with Crippen molar-refractivity contribution in [1.82, 2.24) is 10.6 Å². The molecule has 23 heavy (non-hydrogen) atoms. The Labute approximate surface area is 144 Å². The third-order valence-electron chi connectivity index (χ3n) is 5.80. The van der Waals surface area contributed by atoms with Crippen LogP contribution in [-0.2, 0) is 10.2 Å². The Hall–Kier alpha value is -1.06. The molecule has 1 heterocycles. The molecule has 4 heteroatoms. The Morgan fingerprint density at radius 2 is 2.00 bits per heavy atom. The van der Waals surface area contributed by atoms with Crippen molar-refractivity contribution in [3.8, 4) is 0 Å². The average Bonchev–Trinajstić information content (AvgIpc) is 2.74. The number of hydrogen-bond donors (Lipinski definition) is 2. The molecule has 1 spiro atoms. The van der Waals surface area contributed by atoms with Gasteiger partial charge in [0.1, 0.15) is 0 Å². The SMILES string of the molecule is CC(=O)NC(C)(C)C1CC2(CCNCC2)c2cc(Cl)c(C)cc21. The Bertz CT molecular complexity index is 633. The van der Waals surface area contributed by atoms with Gasteiger partial charge >= 0.3 is 0 Å². The van der Waals surface area contributed by atoms with Gasteiger partial charge in [-0.1, -0.05) is 17.7 Å². The van der Waals surface area contributed by atoms with Gasteiger partial charge in [-0.15, -0.1) is 0 Å². The first-order valence-corrected chi connectivity index (χ1v) is 8.93. The van der Waals surface area contributed by atoms with Gasteiger partial charge in [-0.25, -0.2) is 0 Å². The van der Waals surface area contributed by atoms with E-state index in [9.17, 15) is 4.79 Å². The molecule has 1 aliphatic heterocycles. The van der Waals surface area contributed by atoms with Gasteiger partial charge in [0.25, 0.3) is 0 Å². The number of rotatable bonds is 2. The molecule has 0 bridgehead atoms. The van der Waals surface area contributed by atoms with Gasteiger partial charge < -0.3 is 10.6 Å². The number of piperidine rings is 1. The number of aryl methyl sites for hydroxylation is 1. The van der Waals surface area contributed by atoms with Crippen LogP contribution < -0.4 is 10.6 Å². The summed E-state index contributed by atoms with van der Waals surface area (Å²) in [5.74, 6) is 0.365. The smallest absolute Gasteiger partial charge is 0.217 e. The first-order valence-electron chi connectivity index (χ1n) is 8.55. The predicted octanol–water partition coefficient (Wildman–Crippen LogP) is 3.67. The lowest BCUT2D eigenvalue weighted by atomic mass is 9.72. The highest BCUT2D eigenvalue weighted by Crippen LogP contribution is 2.55. The molecule has 1 fully saturated rings. The highest BCUT2D eigenvalue weighted by molar-refractivity contribution is 6.31. The zero-order chi connectivity index (χ0) is 16.8. The van der Waals surface area contributed by atoms with Gasteiger partial charge in [0.2, 0.25) is 5.91 Å². The fourth-order valence-electron chi connectivity index (χ4n) is 4.63. The van der Waals surface area contributed by atoms with E-state index in [1.54, 1.807) is 6.92 Å². The van der Waals surface area contributed by atoms with Gasteiger partial charge in [0, 0.05) is 23.4 Å². The van der Waals surface area contributed by atoms with Crippen molar-refractivity contribution < 1.29 is 4.79 Å². The van der Waals surface area contributed by atoms with E-state index in [0.717, 1.165) is 42.9 Å². The second-order valence-electron chi connectivity index (χ2n) is 7.88. The number of halogens is 1. The first kappa shape index (κ1) is 16.8. The molecule has 3 rings (SSSR count). The lowest BCUT2D eigenvalue weighted by Gasteiger charge is -2.38. The van der Waals surface area contributed by atoms with Crippen LogP contribution in [0.15, 0.2) is 12.1 Å². The number of carbonyl (C=O) groups excluding carboxylic acids is 1. The van der Waals surface area contributed by atoms with E-state index in [1.807, 2.05) is 0 Å². The molecule has 0 saturated carbocycles. The van der Waals surface area contributed by atoms with Gasteiger partial charge in [-0.3, -0.25) is 4.79 Å². The molecule has 2 N–H and O–H groups in total. The second kappa shape index (κ2) is 5.78. The molecule has 0 aromatic heterocycles. The maximum atomic E-state index is 11.7. The van der Waals surface area contributed by atoms with Crippen LogP contribution in [0.2, 0.25) is 5.02 Å². The van der Waals surface area contributed by atoms with Crippen molar-refractivity contribution >= 4 is 17.5 Å². The number of nitrogens with one attached hydrogen (secondary N) is 2. The standard InChI is InChI=1S/C19H27ClN2O/c1-12-9-14-15(10-17(12)20)19(5-7-21-8-6-19)11-16(14)18(3,4)22-13(2)23/h9-10,16,21H,5-8,11H2,1-4H3,(H,22,23). The fourth-order valence-corrected chi connectivity index (χ4v) is 4.79. The number of hydrogen-bond acceptors (Lipinski definition) is 2. The fraction of sp³-hybridized carbons (Fsp3) is 0.632. The van der Waals surface area contributed by atoms with Crippen molar-refractivity contribution in [2.75, 3.05) is 13.1 Å². The van der Waals surface area contributed by atoms with Crippen molar-refractivity contribution in [3.63, 3.8) is 0 Å². The van der Waals surface area contributed by atoms with Crippen molar-refractivity contribution in [2.45, 2.75) is 63.8 Å². The zero-order valence-corrected chi connectivity index (χ0v) is 15.3. The highest BCUT2D eigenvalue weighted by Gasteiger charge is 2.49. The van der Waals surface area contributed by atoms with Crippen molar-refractivity contribution in [2.24, 2.45) is 0 Å². The maximum absolute atomic E-state index is 11.7. The van der Waals surface area contributed by atoms with Crippen LogP contribution in [0.1, 0.15) is 62.6 Å². The molecule has 0 radical (unpaired) electrons. The molecule has 1 aliphatic carbocycles. The van der Waals surface area contributed by atoms with Gasteiger partial charge in [-0.05, 0) is 81.3 Å². The van der Waals surface area contributed by atoms with E-state index in [4.69, 9.17) is 11.6 Å². The molecule has 3 nitrogen and oxygen atoms in total. The molecule has 1 unspecified atom stereocenters. The van der Waals surface area contributed by atoms with Crippen molar-refractivity contribution in [3.05, 3.63) is 33.8 Å². The molecule has 1 atom stereocenters. The molecule has 2 aliphatic rings. The van der Waals surface area contributed by atoms with Crippen molar-refractivity contribution in [1.29, 1.82) is 0 Å². The summed E-state index contributed by atoms with van der Waals surface area (Å²) < 4.78 is 0. The summed E-state index contributed by atoms with van der Waals surface area (Å²) >= 11 is 6.46. The van der Waals surface area contributed by atoms with Crippen LogP contribution in [0.3, 0.4) is 0 Å². The minimum atomic E-state index is -0.255. The zero-order valence-electron chi connectivity index (χ0n) is 14.6. The number of fused-ring (bicyclic) bond motifs is 2. The third kappa shape index (κ3) is 2.89. The van der Waals surface area contributed by atoms with Gasteiger partial charge in [0.05, 0.1) is 0 Å². The van der Waals surface area contributed by atoms with Crippen LogP contribution >= 0.6 is 11.6 Å². The summed E-state index contributed by atoms with van der Waals surface area (Å²) in [6.45, 7) is 10.1. The Balaban J connectivity index is 2.08. The highest BCUT2D eigenvalue weighted by atomic mass is 35.5. The first-order chi connectivity index (χ1) is 10.8. The maximum Gasteiger partial charge on any atom is 0.217 e. The number of carbonyl (C=O) groups is 1. The van der Waals surface area contributed by atoms with Gasteiger partial charge in [-0.2, -0.15) is 0 Å². The summed E-state index contributed by atoms with van der Waals surface area (Å²) in [7, 11) is 0. The molecule has 1 amide bonds. The summed E-state index contributed by atoms with van der Waals surface area (Å²) in [4.78, 5) is 11.7. The molecule has 1 saturated heterocycles. The van der Waals surface area contributed by atoms with Crippen LogP contribution in [0.4, 0.5) is 0 Å². The lowest BCUT2D eigenvalue weighted by molar-refractivity contribution is -0.120. The summed E-state index contributed by atoms with van der Waals surface area (Å²) in [6.07, 6.45) is 3.38.